The molecule has 1 aliphatic rings. The minimum Gasteiger partial charge on any atom is -0.480 e. The Hall–Kier alpha value is -1.83. The summed E-state index contributed by atoms with van der Waals surface area (Å²) in [5, 5.41) is 11.7. The average molecular weight is 302 g/mol. The molecule has 0 bridgehead atoms. The van der Waals surface area contributed by atoms with Crippen LogP contribution in [0.25, 0.3) is 0 Å². The molecular weight excluding hydrogens is 280 g/mol. The van der Waals surface area contributed by atoms with E-state index in [9.17, 15) is 14.4 Å². The number of esters is 1. The zero-order valence-corrected chi connectivity index (χ0v) is 12.3. The van der Waals surface area contributed by atoms with Crippen LogP contribution in [0.3, 0.4) is 0 Å². The van der Waals surface area contributed by atoms with Crippen LogP contribution in [0, 0.1) is 0 Å². The quantitative estimate of drug-likeness (QED) is 0.514. The zero-order valence-electron chi connectivity index (χ0n) is 12.3. The van der Waals surface area contributed by atoms with Crippen molar-refractivity contribution in [2.75, 3.05) is 26.8 Å². The molecule has 1 saturated heterocycles. The molecule has 0 aromatic heterocycles. The van der Waals surface area contributed by atoms with Gasteiger partial charge in [0.1, 0.15) is 6.04 Å². The van der Waals surface area contributed by atoms with E-state index in [4.69, 9.17) is 14.6 Å². The van der Waals surface area contributed by atoms with Crippen LogP contribution in [0.5, 0.6) is 0 Å². The number of urea groups is 1. The van der Waals surface area contributed by atoms with Crippen molar-refractivity contribution in [3.05, 3.63) is 0 Å². The number of carboxylic acid groups (broad SMARTS) is 1. The minimum absolute atomic E-state index is 0.219. The van der Waals surface area contributed by atoms with Gasteiger partial charge in [-0.15, -0.1) is 0 Å². The number of ether oxygens (including phenoxy) is 2. The minimum atomic E-state index is -1.05. The fourth-order valence-electron chi connectivity index (χ4n) is 2.19. The summed E-state index contributed by atoms with van der Waals surface area (Å²) in [6.07, 6.45) is 0.680. The van der Waals surface area contributed by atoms with Gasteiger partial charge in [0, 0.05) is 33.0 Å². The summed E-state index contributed by atoms with van der Waals surface area (Å²) in [5.41, 5.74) is 0. The van der Waals surface area contributed by atoms with Crippen LogP contribution in [-0.2, 0) is 19.1 Å². The number of likely N-dealkylation sites (tertiary alicyclic amines) is 1. The SMILES string of the molecule is CCOC(=O)CCCNC(=O)N1CC(OC)CC1C(=O)O. The maximum Gasteiger partial charge on any atom is 0.326 e. The first-order valence-electron chi connectivity index (χ1n) is 6.95. The largest absolute Gasteiger partial charge is 0.480 e. The third-order valence-electron chi connectivity index (χ3n) is 3.28. The van der Waals surface area contributed by atoms with E-state index in [1.165, 1.54) is 12.0 Å². The number of amides is 2. The lowest BCUT2D eigenvalue weighted by Gasteiger charge is -2.21. The summed E-state index contributed by atoms with van der Waals surface area (Å²) < 4.78 is 9.88. The lowest BCUT2D eigenvalue weighted by Crippen LogP contribution is -2.46. The lowest BCUT2D eigenvalue weighted by molar-refractivity contribution is -0.143. The van der Waals surface area contributed by atoms with Crippen molar-refractivity contribution in [2.45, 2.75) is 38.3 Å². The van der Waals surface area contributed by atoms with Crippen LogP contribution in [0.4, 0.5) is 4.79 Å². The molecule has 2 amide bonds. The number of nitrogens with zero attached hydrogens (tertiary/aromatic N) is 1. The van der Waals surface area contributed by atoms with Gasteiger partial charge in [0.15, 0.2) is 0 Å². The molecule has 0 aliphatic carbocycles. The van der Waals surface area contributed by atoms with E-state index in [0.717, 1.165) is 0 Å². The van der Waals surface area contributed by atoms with Crippen LogP contribution < -0.4 is 5.32 Å². The average Bonchev–Trinajstić information content (AvgIpc) is 2.88. The number of rotatable bonds is 7. The number of nitrogens with one attached hydrogen (secondary N) is 1. The van der Waals surface area contributed by atoms with E-state index in [0.29, 0.717) is 13.0 Å². The summed E-state index contributed by atoms with van der Waals surface area (Å²) in [7, 11) is 1.49. The van der Waals surface area contributed by atoms with Gasteiger partial charge < -0.3 is 24.8 Å². The Bertz CT molecular complexity index is 387. The maximum absolute atomic E-state index is 12.0. The van der Waals surface area contributed by atoms with E-state index >= 15 is 0 Å². The summed E-state index contributed by atoms with van der Waals surface area (Å²) in [6.45, 7) is 2.60. The first-order valence-corrected chi connectivity index (χ1v) is 6.95. The third-order valence-corrected chi connectivity index (χ3v) is 3.28. The molecule has 21 heavy (non-hydrogen) atoms. The van der Waals surface area contributed by atoms with Crippen molar-refractivity contribution in [3.63, 3.8) is 0 Å². The van der Waals surface area contributed by atoms with Crippen LogP contribution in [0.2, 0.25) is 0 Å². The molecule has 8 nitrogen and oxygen atoms in total. The van der Waals surface area contributed by atoms with Crippen molar-refractivity contribution in [3.8, 4) is 0 Å². The van der Waals surface area contributed by atoms with Crippen molar-refractivity contribution in [1.82, 2.24) is 10.2 Å². The number of hydrogen-bond acceptors (Lipinski definition) is 5. The van der Waals surface area contributed by atoms with Crippen LogP contribution in [-0.4, -0.2) is 66.9 Å². The Morgan fingerprint density at radius 1 is 1.38 bits per heavy atom. The van der Waals surface area contributed by atoms with Gasteiger partial charge in [-0.25, -0.2) is 9.59 Å². The summed E-state index contributed by atoms with van der Waals surface area (Å²) in [4.78, 5) is 35.5. The fourth-order valence-corrected chi connectivity index (χ4v) is 2.19. The second kappa shape index (κ2) is 8.46. The molecule has 0 aromatic carbocycles. The second-order valence-corrected chi connectivity index (χ2v) is 4.74. The van der Waals surface area contributed by atoms with Crippen molar-refractivity contribution >= 4 is 18.0 Å². The third kappa shape index (κ3) is 5.22. The summed E-state index contributed by atoms with van der Waals surface area (Å²) >= 11 is 0. The first-order chi connectivity index (χ1) is 9.99. The van der Waals surface area contributed by atoms with Gasteiger partial charge in [-0.1, -0.05) is 0 Å². The molecule has 0 aromatic rings. The fraction of sp³-hybridized carbons (Fsp3) is 0.769. The standard InChI is InChI=1S/C13H22N2O6/c1-3-21-11(16)5-4-6-14-13(19)15-8-9(20-2)7-10(15)12(17)18/h9-10H,3-8H2,1-2H3,(H,14,19)(H,17,18). The summed E-state index contributed by atoms with van der Waals surface area (Å²) in [6, 6.07) is -1.33. The molecule has 8 heteroatoms. The number of carbonyl (C=O) groups is 3. The van der Waals surface area contributed by atoms with E-state index < -0.39 is 18.0 Å². The predicted octanol–water partition coefficient (Wildman–Crippen LogP) is 0.213. The molecule has 2 atom stereocenters. The molecule has 1 fully saturated rings. The first kappa shape index (κ1) is 17.2. The highest BCUT2D eigenvalue weighted by Gasteiger charge is 2.39. The summed E-state index contributed by atoms with van der Waals surface area (Å²) in [5.74, 6) is -1.35. The van der Waals surface area contributed by atoms with Gasteiger partial charge in [-0.05, 0) is 13.3 Å². The van der Waals surface area contributed by atoms with Crippen LogP contribution >= 0.6 is 0 Å². The monoisotopic (exact) mass is 302 g/mol. The lowest BCUT2D eigenvalue weighted by atomic mass is 10.2. The van der Waals surface area contributed by atoms with E-state index in [2.05, 4.69) is 5.32 Å². The van der Waals surface area contributed by atoms with Gasteiger partial charge >= 0.3 is 18.0 Å². The zero-order chi connectivity index (χ0) is 15.8. The molecule has 1 rings (SSSR count). The van der Waals surface area contributed by atoms with E-state index in [1.807, 2.05) is 0 Å². The highest BCUT2D eigenvalue weighted by atomic mass is 16.5. The van der Waals surface area contributed by atoms with Gasteiger partial charge in [0.05, 0.1) is 12.7 Å². The normalized spacial score (nSPS) is 21.1. The highest BCUT2D eigenvalue weighted by molar-refractivity contribution is 5.83. The Kier molecular flexibility index (Phi) is 6.93. The van der Waals surface area contributed by atoms with Crippen molar-refractivity contribution in [2.24, 2.45) is 0 Å². The number of methoxy groups -OCH3 is 1. The molecular formula is C13H22N2O6. The van der Waals surface area contributed by atoms with Crippen molar-refractivity contribution < 1.29 is 29.0 Å². The molecule has 120 valence electrons. The maximum atomic E-state index is 12.0. The number of hydrogen-bond donors (Lipinski definition) is 2. The van der Waals surface area contributed by atoms with Crippen LogP contribution in [0.15, 0.2) is 0 Å². The number of carbonyl (C=O) groups excluding carboxylic acids is 2. The van der Waals surface area contributed by atoms with E-state index in [1.54, 1.807) is 6.92 Å². The van der Waals surface area contributed by atoms with E-state index in [-0.39, 0.29) is 38.0 Å². The Morgan fingerprint density at radius 3 is 2.67 bits per heavy atom. The number of carboxylic acids is 1. The predicted molar refractivity (Wildman–Crippen MR) is 72.8 cm³/mol. The van der Waals surface area contributed by atoms with Gasteiger partial charge in [0.2, 0.25) is 0 Å². The molecule has 1 aliphatic heterocycles. The Labute approximate surface area is 123 Å². The van der Waals surface area contributed by atoms with Gasteiger partial charge in [0.25, 0.3) is 0 Å². The Balaban J connectivity index is 2.36. The number of aliphatic carboxylic acids is 1. The Morgan fingerprint density at radius 2 is 2.10 bits per heavy atom. The molecule has 2 N–H and O–H groups in total. The van der Waals surface area contributed by atoms with Crippen molar-refractivity contribution in [1.29, 1.82) is 0 Å². The second-order valence-electron chi connectivity index (χ2n) is 4.74. The highest BCUT2D eigenvalue weighted by Crippen LogP contribution is 2.20. The molecule has 1 heterocycles. The van der Waals surface area contributed by atoms with Gasteiger partial charge in [-0.2, -0.15) is 0 Å². The molecule has 2 unspecified atom stereocenters. The van der Waals surface area contributed by atoms with Gasteiger partial charge in [-0.3, -0.25) is 4.79 Å². The topological polar surface area (TPSA) is 105 Å². The molecule has 0 saturated carbocycles. The smallest absolute Gasteiger partial charge is 0.326 e. The molecule has 0 radical (unpaired) electrons. The molecule has 0 spiro atoms. The van der Waals surface area contributed by atoms with Crippen LogP contribution in [0.1, 0.15) is 26.2 Å².